The molecular weight excluding hydrogens is 272 g/mol. The van der Waals surface area contributed by atoms with Crippen LogP contribution in [0.4, 0.5) is 4.79 Å². The molecule has 3 N–H and O–H groups in total. The van der Waals surface area contributed by atoms with E-state index in [2.05, 4.69) is 10.6 Å². The summed E-state index contributed by atoms with van der Waals surface area (Å²) in [6.07, 6.45) is 0.440. The molecule has 0 radical (unpaired) electrons. The van der Waals surface area contributed by atoms with Gasteiger partial charge >= 0.3 is 12.0 Å². The average Bonchev–Trinajstić information content (AvgIpc) is 2.45. The summed E-state index contributed by atoms with van der Waals surface area (Å²) in [5.41, 5.74) is 0.962. The molecule has 0 aromatic heterocycles. The molecule has 0 aliphatic rings. The molecule has 6 heteroatoms. The SMILES string of the molecule is COc1ccc(C(C)NC(=O)NC(C)CCC(=O)O)cc1. The predicted molar refractivity (Wildman–Crippen MR) is 79.4 cm³/mol. The molecule has 21 heavy (non-hydrogen) atoms. The van der Waals surface area contributed by atoms with Crippen molar-refractivity contribution < 1.29 is 19.4 Å². The van der Waals surface area contributed by atoms with E-state index in [0.717, 1.165) is 11.3 Å². The number of benzene rings is 1. The molecule has 0 aliphatic carbocycles. The summed E-state index contributed by atoms with van der Waals surface area (Å²) in [5.74, 6) is -0.103. The first-order valence-corrected chi connectivity index (χ1v) is 6.85. The minimum absolute atomic E-state index is 0.0372. The summed E-state index contributed by atoms with van der Waals surface area (Å²) in [6.45, 7) is 3.66. The molecule has 2 atom stereocenters. The second-order valence-corrected chi connectivity index (χ2v) is 4.95. The van der Waals surface area contributed by atoms with Crippen molar-refractivity contribution in [1.29, 1.82) is 0 Å². The minimum Gasteiger partial charge on any atom is -0.497 e. The van der Waals surface area contributed by atoms with Gasteiger partial charge in [-0.25, -0.2) is 4.79 Å². The molecule has 2 unspecified atom stereocenters. The Morgan fingerprint density at radius 2 is 1.81 bits per heavy atom. The second-order valence-electron chi connectivity index (χ2n) is 4.95. The zero-order valence-corrected chi connectivity index (χ0v) is 12.6. The van der Waals surface area contributed by atoms with E-state index in [1.807, 2.05) is 31.2 Å². The first-order valence-electron chi connectivity index (χ1n) is 6.85. The summed E-state index contributed by atoms with van der Waals surface area (Å²) >= 11 is 0. The van der Waals surface area contributed by atoms with E-state index in [4.69, 9.17) is 9.84 Å². The number of urea groups is 1. The lowest BCUT2D eigenvalue weighted by Crippen LogP contribution is -2.41. The lowest BCUT2D eigenvalue weighted by Gasteiger charge is -2.18. The Hall–Kier alpha value is -2.24. The molecule has 0 heterocycles. The molecular formula is C15H22N2O4. The number of hydrogen-bond donors (Lipinski definition) is 3. The minimum atomic E-state index is -0.865. The molecule has 1 rings (SSSR count). The standard InChI is InChI=1S/C15H22N2O4/c1-10(4-9-14(18)19)16-15(20)17-11(2)12-5-7-13(21-3)8-6-12/h5-8,10-11H,4,9H2,1-3H3,(H,18,19)(H2,16,17,20). The van der Waals surface area contributed by atoms with Gasteiger partial charge in [0.25, 0.3) is 0 Å². The fourth-order valence-corrected chi connectivity index (χ4v) is 1.85. The summed E-state index contributed by atoms with van der Waals surface area (Å²) in [4.78, 5) is 22.3. The molecule has 0 spiro atoms. The van der Waals surface area contributed by atoms with Crippen molar-refractivity contribution >= 4 is 12.0 Å². The van der Waals surface area contributed by atoms with Gasteiger partial charge in [-0.1, -0.05) is 12.1 Å². The molecule has 2 amide bonds. The Bertz CT molecular complexity index is 473. The Morgan fingerprint density at radius 1 is 1.19 bits per heavy atom. The van der Waals surface area contributed by atoms with Crippen LogP contribution in [0, 0.1) is 0 Å². The van der Waals surface area contributed by atoms with Gasteiger partial charge in [0.05, 0.1) is 13.2 Å². The van der Waals surface area contributed by atoms with E-state index < -0.39 is 5.97 Å². The van der Waals surface area contributed by atoms with Crippen LogP contribution in [0.15, 0.2) is 24.3 Å². The highest BCUT2D eigenvalue weighted by Gasteiger charge is 2.12. The van der Waals surface area contributed by atoms with Crippen molar-refractivity contribution in [3.63, 3.8) is 0 Å². The molecule has 1 aromatic rings. The van der Waals surface area contributed by atoms with Gasteiger partial charge < -0.3 is 20.5 Å². The molecule has 0 saturated heterocycles. The van der Waals surface area contributed by atoms with Crippen LogP contribution < -0.4 is 15.4 Å². The summed E-state index contributed by atoms with van der Waals surface area (Å²) in [6, 6.07) is 6.79. The molecule has 0 aliphatic heterocycles. The largest absolute Gasteiger partial charge is 0.497 e. The summed E-state index contributed by atoms with van der Waals surface area (Å²) in [7, 11) is 1.60. The number of carbonyl (C=O) groups is 2. The van der Waals surface area contributed by atoms with Crippen molar-refractivity contribution in [2.75, 3.05) is 7.11 Å². The number of ether oxygens (including phenoxy) is 1. The van der Waals surface area contributed by atoms with Crippen LogP contribution in [0.1, 0.15) is 38.3 Å². The van der Waals surface area contributed by atoms with Crippen LogP contribution in [-0.4, -0.2) is 30.3 Å². The van der Waals surface area contributed by atoms with Crippen molar-refractivity contribution in [2.45, 2.75) is 38.8 Å². The second kappa shape index (κ2) is 8.14. The van der Waals surface area contributed by atoms with Gasteiger partial charge in [0, 0.05) is 12.5 Å². The maximum atomic E-state index is 11.8. The van der Waals surface area contributed by atoms with Gasteiger partial charge in [0.15, 0.2) is 0 Å². The van der Waals surface area contributed by atoms with Crippen LogP contribution in [0.2, 0.25) is 0 Å². The van der Waals surface area contributed by atoms with E-state index in [0.29, 0.717) is 6.42 Å². The molecule has 116 valence electrons. The monoisotopic (exact) mass is 294 g/mol. The van der Waals surface area contributed by atoms with Gasteiger partial charge in [-0.15, -0.1) is 0 Å². The van der Waals surface area contributed by atoms with Crippen molar-refractivity contribution in [2.24, 2.45) is 0 Å². The zero-order valence-electron chi connectivity index (χ0n) is 12.6. The Balaban J connectivity index is 2.43. The van der Waals surface area contributed by atoms with Gasteiger partial charge in [-0.3, -0.25) is 4.79 Å². The third-order valence-corrected chi connectivity index (χ3v) is 3.13. The number of carboxylic acid groups (broad SMARTS) is 1. The van der Waals surface area contributed by atoms with Gasteiger partial charge in [0.1, 0.15) is 5.75 Å². The number of methoxy groups -OCH3 is 1. The number of amides is 2. The smallest absolute Gasteiger partial charge is 0.315 e. The number of nitrogens with one attached hydrogen (secondary N) is 2. The number of carboxylic acids is 1. The Morgan fingerprint density at radius 3 is 2.33 bits per heavy atom. The number of rotatable bonds is 7. The topological polar surface area (TPSA) is 87.7 Å². The van der Waals surface area contributed by atoms with Crippen LogP contribution in [0.25, 0.3) is 0 Å². The van der Waals surface area contributed by atoms with Crippen molar-refractivity contribution in [1.82, 2.24) is 10.6 Å². The fraction of sp³-hybridized carbons (Fsp3) is 0.467. The van der Waals surface area contributed by atoms with Crippen LogP contribution in [0.5, 0.6) is 5.75 Å². The number of carbonyl (C=O) groups excluding carboxylic acids is 1. The third kappa shape index (κ3) is 6.16. The quantitative estimate of drug-likeness (QED) is 0.720. The van der Waals surface area contributed by atoms with Crippen molar-refractivity contribution in [3.8, 4) is 5.75 Å². The summed E-state index contributed by atoms with van der Waals surface area (Å²) in [5, 5.41) is 14.1. The van der Waals surface area contributed by atoms with E-state index in [1.165, 1.54) is 0 Å². The highest BCUT2D eigenvalue weighted by Crippen LogP contribution is 2.17. The van der Waals surface area contributed by atoms with E-state index in [-0.39, 0.29) is 24.5 Å². The van der Waals surface area contributed by atoms with E-state index in [9.17, 15) is 9.59 Å². The zero-order chi connectivity index (χ0) is 15.8. The molecule has 0 saturated carbocycles. The molecule has 0 bridgehead atoms. The van der Waals surface area contributed by atoms with E-state index >= 15 is 0 Å². The molecule has 6 nitrogen and oxygen atoms in total. The lowest BCUT2D eigenvalue weighted by atomic mass is 10.1. The first kappa shape index (κ1) is 16.8. The third-order valence-electron chi connectivity index (χ3n) is 3.13. The van der Waals surface area contributed by atoms with Gasteiger partial charge in [0.2, 0.25) is 0 Å². The molecule has 0 fully saturated rings. The lowest BCUT2D eigenvalue weighted by molar-refractivity contribution is -0.137. The average molecular weight is 294 g/mol. The fourth-order valence-electron chi connectivity index (χ4n) is 1.85. The van der Waals surface area contributed by atoms with Crippen LogP contribution in [0.3, 0.4) is 0 Å². The normalized spacial score (nSPS) is 13.1. The molecule has 1 aromatic carbocycles. The number of aliphatic carboxylic acids is 1. The highest BCUT2D eigenvalue weighted by atomic mass is 16.5. The Kier molecular flexibility index (Phi) is 6.52. The Labute approximate surface area is 124 Å². The highest BCUT2D eigenvalue weighted by molar-refractivity contribution is 5.74. The maximum Gasteiger partial charge on any atom is 0.315 e. The number of hydrogen-bond acceptors (Lipinski definition) is 3. The maximum absolute atomic E-state index is 11.8. The summed E-state index contributed by atoms with van der Waals surface area (Å²) < 4.78 is 5.08. The van der Waals surface area contributed by atoms with Crippen LogP contribution >= 0.6 is 0 Å². The predicted octanol–water partition coefficient (Wildman–Crippen LogP) is 2.31. The first-order chi connectivity index (χ1) is 9.92. The van der Waals surface area contributed by atoms with Crippen LogP contribution in [-0.2, 0) is 4.79 Å². The van der Waals surface area contributed by atoms with Gasteiger partial charge in [-0.05, 0) is 38.0 Å². The van der Waals surface area contributed by atoms with Crippen molar-refractivity contribution in [3.05, 3.63) is 29.8 Å². The van der Waals surface area contributed by atoms with E-state index in [1.54, 1.807) is 14.0 Å². The van der Waals surface area contributed by atoms with Gasteiger partial charge in [-0.2, -0.15) is 0 Å².